The molecule has 0 saturated carbocycles. The van der Waals surface area contributed by atoms with E-state index in [4.69, 9.17) is 4.99 Å². The van der Waals surface area contributed by atoms with E-state index in [2.05, 4.69) is 52.2 Å². The number of allylic oxidation sites excluding steroid dienone is 5. The van der Waals surface area contributed by atoms with Crippen molar-refractivity contribution in [3.05, 3.63) is 59.7 Å². The first-order chi connectivity index (χ1) is 10.1. The Labute approximate surface area is 130 Å². The quantitative estimate of drug-likeness (QED) is 0.402. The molecule has 1 aromatic rings. The fourth-order valence-electron chi connectivity index (χ4n) is 1.93. The molecule has 0 heterocycles. The van der Waals surface area contributed by atoms with Crippen molar-refractivity contribution in [2.24, 2.45) is 4.99 Å². The Morgan fingerprint density at radius 3 is 2.33 bits per heavy atom. The highest BCUT2D eigenvalue weighted by Gasteiger charge is 2.04. The lowest BCUT2D eigenvalue weighted by Crippen LogP contribution is -2.09. The minimum atomic E-state index is 1.01. The number of aliphatic imine (C=N–C) groups is 1. The van der Waals surface area contributed by atoms with Gasteiger partial charge in [0, 0.05) is 11.3 Å². The highest BCUT2D eigenvalue weighted by Crippen LogP contribution is 2.22. The first-order valence-electron chi connectivity index (χ1n) is 7.56. The molecule has 0 aliphatic heterocycles. The molecule has 0 bridgehead atoms. The van der Waals surface area contributed by atoms with Gasteiger partial charge >= 0.3 is 0 Å². The first-order valence-corrected chi connectivity index (χ1v) is 7.56. The molecule has 1 radical (unpaired) electrons. The zero-order valence-electron chi connectivity index (χ0n) is 13.9. The summed E-state index contributed by atoms with van der Waals surface area (Å²) in [5.74, 6) is 0. The summed E-state index contributed by atoms with van der Waals surface area (Å²) in [5, 5.41) is 0. The second-order valence-electron chi connectivity index (χ2n) is 5.03. The molecule has 1 aromatic carbocycles. The normalized spacial score (nSPS) is 13.9. The molecule has 1 nitrogen and oxygen atoms in total. The molecule has 0 amide bonds. The molecule has 0 spiro atoms. The lowest BCUT2D eigenvalue weighted by molar-refractivity contribution is 1.09. The van der Waals surface area contributed by atoms with Gasteiger partial charge in [-0.05, 0) is 38.8 Å². The van der Waals surface area contributed by atoms with Gasteiger partial charge in [-0.2, -0.15) is 0 Å². The zero-order chi connectivity index (χ0) is 15.7. The minimum Gasteiger partial charge on any atom is -0.253 e. The van der Waals surface area contributed by atoms with Gasteiger partial charge in [0.25, 0.3) is 0 Å². The van der Waals surface area contributed by atoms with Crippen LogP contribution in [0, 0.1) is 0 Å². The fourth-order valence-corrected chi connectivity index (χ4v) is 1.93. The Balaban J connectivity index is 3.15. The molecule has 0 fully saturated rings. The van der Waals surface area contributed by atoms with Gasteiger partial charge in [-0.25, -0.2) is 0 Å². The van der Waals surface area contributed by atoms with Gasteiger partial charge in [0.15, 0.2) is 0 Å². The van der Waals surface area contributed by atoms with Crippen LogP contribution in [0.4, 0.5) is 0 Å². The number of nitrogens with zero attached hydrogens (tertiary/aromatic N) is 1. The van der Waals surface area contributed by atoms with Crippen molar-refractivity contribution in [3.8, 4) is 0 Å². The lowest BCUT2D eigenvalue weighted by atomic mass is 9.73. The number of rotatable bonds is 6. The molecular weight excluding hydrogens is 253 g/mol. The Hall–Kier alpha value is -1.83. The fraction of sp³-hybridized carbons (Fsp3) is 0.316. The second kappa shape index (κ2) is 9.17. The molecule has 0 atom stereocenters. The van der Waals surface area contributed by atoms with Crippen LogP contribution >= 0.6 is 0 Å². The zero-order valence-corrected chi connectivity index (χ0v) is 13.9. The van der Waals surface area contributed by atoms with Crippen molar-refractivity contribution >= 4 is 24.2 Å². The summed E-state index contributed by atoms with van der Waals surface area (Å²) in [6.07, 6.45) is 9.09. The minimum absolute atomic E-state index is 1.01. The summed E-state index contributed by atoms with van der Waals surface area (Å²) in [6, 6.07) is 8.57. The molecule has 0 N–H and O–H groups in total. The van der Waals surface area contributed by atoms with E-state index in [0.717, 1.165) is 17.8 Å². The topological polar surface area (TPSA) is 12.4 Å². The van der Waals surface area contributed by atoms with Crippen molar-refractivity contribution in [1.82, 2.24) is 0 Å². The van der Waals surface area contributed by atoms with E-state index in [1.807, 2.05) is 38.2 Å². The molecule has 2 heteroatoms. The molecule has 1 rings (SSSR count). The molecule has 0 aliphatic rings. The third-order valence-electron chi connectivity index (χ3n) is 3.38. The Bertz CT molecular complexity index is 560. The number of hydrogen-bond acceptors (Lipinski definition) is 1. The summed E-state index contributed by atoms with van der Waals surface area (Å²) in [4.78, 5) is 4.81. The van der Waals surface area contributed by atoms with Crippen LogP contribution in [-0.4, -0.2) is 13.0 Å². The number of benzene rings is 1. The maximum atomic E-state index is 4.81. The Kier molecular flexibility index (Phi) is 7.53. The second-order valence-corrected chi connectivity index (χ2v) is 5.03. The highest BCUT2D eigenvalue weighted by atomic mass is 14.8. The van der Waals surface area contributed by atoms with Gasteiger partial charge in [0.1, 0.15) is 7.28 Å². The highest BCUT2D eigenvalue weighted by molar-refractivity contribution is 6.51. The third-order valence-corrected chi connectivity index (χ3v) is 3.38. The van der Waals surface area contributed by atoms with Crippen LogP contribution in [0.5, 0.6) is 0 Å². The maximum Gasteiger partial charge on any atom is 0.148 e. The van der Waals surface area contributed by atoms with Gasteiger partial charge in [-0.3, -0.25) is 4.99 Å². The summed E-state index contributed by atoms with van der Waals surface area (Å²) >= 11 is 0. The van der Waals surface area contributed by atoms with Crippen molar-refractivity contribution < 1.29 is 0 Å². The van der Waals surface area contributed by atoms with Crippen molar-refractivity contribution in [2.45, 2.75) is 40.9 Å². The predicted octanol–water partition coefficient (Wildman–Crippen LogP) is 4.80. The monoisotopic (exact) mass is 278 g/mol. The average Bonchev–Trinajstić information content (AvgIpc) is 2.52. The first kappa shape index (κ1) is 17.2. The summed E-state index contributed by atoms with van der Waals surface area (Å²) in [7, 11) is 2.11. The SMILES string of the molecule is C[B]c1ccc(C(/N=C(C)/C=C\C=C/C)=C(/C)CC)cc1. The largest absolute Gasteiger partial charge is 0.253 e. The molecule has 0 saturated heterocycles. The molecular formula is C19H25BN. The van der Waals surface area contributed by atoms with Crippen LogP contribution in [0.25, 0.3) is 5.70 Å². The molecule has 0 aliphatic carbocycles. The predicted molar refractivity (Wildman–Crippen MR) is 97.6 cm³/mol. The lowest BCUT2D eigenvalue weighted by Gasteiger charge is -2.09. The van der Waals surface area contributed by atoms with Crippen molar-refractivity contribution in [3.63, 3.8) is 0 Å². The van der Waals surface area contributed by atoms with Crippen LogP contribution in [-0.2, 0) is 0 Å². The van der Waals surface area contributed by atoms with E-state index in [-0.39, 0.29) is 0 Å². The van der Waals surface area contributed by atoms with Crippen LogP contribution in [0.3, 0.4) is 0 Å². The van der Waals surface area contributed by atoms with E-state index in [9.17, 15) is 0 Å². The van der Waals surface area contributed by atoms with Crippen LogP contribution in [0.15, 0.2) is 59.1 Å². The molecule has 0 aromatic heterocycles. The van der Waals surface area contributed by atoms with Crippen LogP contribution in [0.1, 0.15) is 39.7 Å². The van der Waals surface area contributed by atoms with Crippen molar-refractivity contribution in [2.75, 3.05) is 0 Å². The summed E-state index contributed by atoms with van der Waals surface area (Å²) < 4.78 is 0. The van der Waals surface area contributed by atoms with Gasteiger partial charge in [0.2, 0.25) is 0 Å². The van der Waals surface area contributed by atoms with Crippen molar-refractivity contribution in [1.29, 1.82) is 0 Å². The van der Waals surface area contributed by atoms with E-state index in [1.165, 1.54) is 16.6 Å². The van der Waals surface area contributed by atoms with E-state index in [1.54, 1.807) is 0 Å². The average molecular weight is 278 g/mol. The van der Waals surface area contributed by atoms with Gasteiger partial charge in [-0.15, -0.1) is 0 Å². The van der Waals surface area contributed by atoms with E-state index < -0.39 is 0 Å². The maximum absolute atomic E-state index is 4.81. The Morgan fingerprint density at radius 2 is 1.81 bits per heavy atom. The Morgan fingerprint density at radius 1 is 1.14 bits per heavy atom. The van der Waals surface area contributed by atoms with Gasteiger partial charge < -0.3 is 0 Å². The van der Waals surface area contributed by atoms with Crippen LogP contribution in [0.2, 0.25) is 6.82 Å². The molecule has 21 heavy (non-hydrogen) atoms. The van der Waals surface area contributed by atoms with E-state index >= 15 is 0 Å². The molecule has 109 valence electrons. The standard InChI is InChI=1S/C19H25BN/c1-6-8-9-10-16(4)21-19(15(3)7-2)17-11-13-18(20-5)14-12-17/h6,8-14H,7H2,1-5H3/b8-6-,10-9-,19-15+,21-16+. The molecule has 0 unspecified atom stereocenters. The summed E-state index contributed by atoms with van der Waals surface area (Å²) in [5.41, 5.74) is 5.83. The van der Waals surface area contributed by atoms with E-state index in [0.29, 0.717) is 0 Å². The van der Waals surface area contributed by atoms with Gasteiger partial charge in [0.05, 0.1) is 5.70 Å². The third kappa shape index (κ3) is 5.59. The number of hydrogen-bond donors (Lipinski definition) is 0. The van der Waals surface area contributed by atoms with Crippen LogP contribution < -0.4 is 5.46 Å². The van der Waals surface area contributed by atoms with Gasteiger partial charge in [-0.1, -0.05) is 61.7 Å². The summed E-state index contributed by atoms with van der Waals surface area (Å²) in [6.45, 7) is 10.4. The smallest absolute Gasteiger partial charge is 0.148 e.